The lowest BCUT2D eigenvalue weighted by molar-refractivity contribution is -0.144. The fourth-order valence-corrected chi connectivity index (χ4v) is 14.3. The van der Waals surface area contributed by atoms with Crippen molar-refractivity contribution >= 4 is 93.5 Å². The van der Waals surface area contributed by atoms with Crippen molar-refractivity contribution in [3.8, 4) is 5.75 Å². The van der Waals surface area contributed by atoms with Crippen LogP contribution >= 0.6 is 23.5 Å². The van der Waals surface area contributed by atoms with Crippen LogP contribution in [0.25, 0.3) is 10.9 Å². The topological polar surface area (TPSA) is 349 Å². The van der Waals surface area contributed by atoms with E-state index in [1.54, 1.807) is 18.3 Å². The number of phenols is 1. The van der Waals surface area contributed by atoms with Gasteiger partial charge in [-0.15, -0.1) is 0 Å². The second-order valence-electron chi connectivity index (χ2n) is 24.0. The number of nitrogens with one attached hydrogen (secondary N) is 8. The summed E-state index contributed by atoms with van der Waals surface area (Å²) >= 11 is 2.88. The summed E-state index contributed by atoms with van der Waals surface area (Å²) in [6, 6.07) is 16.0. The highest BCUT2D eigenvalue weighted by Crippen LogP contribution is 2.32. The molecular formula is C66H81FN12O11S2. The number of phenolic OH excluding ortho intramolecular Hbond substituents is 1. The third-order valence-electron chi connectivity index (χ3n) is 17.3. The Hall–Kier alpha value is -8.49. The molecule has 4 aliphatic rings. The van der Waals surface area contributed by atoms with Crippen molar-refractivity contribution in [1.82, 2.24) is 52.0 Å². The molecule has 1 aliphatic carbocycles. The minimum absolute atomic E-state index is 0.0291. The number of nitrogens with two attached hydrogens (primary N) is 2. The van der Waals surface area contributed by atoms with Crippen molar-refractivity contribution < 1.29 is 57.4 Å². The smallest absolute Gasteiger partial charge is 0.246 e. The van der Waals surface area contributed by atoms with E-state index < -0.39 is 120 Å². The zero-order valence-corrected chi connectivity index (χ0v) is 53.0. The Morgan fingerprint density at radius 3 is 2.01 bits per heavy atom. The lowest BCUT2D eigenvalue weighted by Crippen LogP contribution is -2.61. The van der Waals surface area contributed by atoms with Crippen molar-refractivity contribution in [3.05, 3.63) is 136 Å². The van der Waals surface area contributed by atoms with Gasteiger partial charge >= 0.3 is 0 Å². The largest absolute Gasteiger partial charge is 0.508 e. The van der Waals surface area contributed by atoms with E-state index in [1.165, 1.54) is 70.6 Å². The van der Waals surface area contributed by atoms with E-state index in [-0.39, 0.29) is 69.0 Å². The first-order valence-corrected chi connectivity index (χ1v) is 33.6. The monoisotopic (exact) mass is 1300 g/mol. The number of unbranched alkanes of at least 4 members (excludes halogenated alkanes) is 1. The summed E-state index contributed by atoms with van der Waals surface area (Å²) in [5.41, 5.74) is 17.0. The average molecular weight is 1300 g/mol. The Morgan fingerprint density at radius 1 is 0.663 bits per heavy atom. The van der Waals surface area contributed by atoms with Gasteiger partial charge in [0, 0.05) is 72.5 Å². The van der Waals surface area contributed by atoms with Gasteiger partial charge in [0.05, 0.1) is 6.54 Å². The number of thioether (sulfide) groups is 2. The maximum atomic E-state index is 15.3. The molecule has 1 aromatic heterocycles. The van der Waals surface area contributed by atoms with Crippen LogP contribution in [0, 0.1) is 11.7 Å². The number of carbonyl (C=O) groups is 10. The van der Waals surface area contributed by atoms with Crippen molar-refractivity contribution in [2.24, 2.45) is 17.4 Å². The van der Waals surface area contributed by atoms with E-state index in [2.05, 4.69) is 42.2 Å². The molecule has 10 amide bonds. The lowest BCUT2D eigenvalue weighted by Gasteiger charge is -2.33. The lowest BCUT2D eigenvalue weighted by atomic mass is 9.94. The molecule has 2 fully saturated rings. The Labute approximate surface area is 541 Å². The number of primary amides is 1. The van der Waals surface area contributed by atoms with E-state index in [0.29, 0.717) is 84.4 Å². The molecule has 0 unspecified atom stereocenters. The number of hydrogen-bond acceptors (Lipinski definition) is 14. The van der Waals surface area contributed by atoms with Crippen molar-refractivity contribution in [1.29, 1.82) is 0 Å². The molecule has 0 spiro atoms. The summed E-state index contributed by atoms with van der Waals surface area (Å²) in [5.74, 6) is -6.15. The van der Waals surface area contributed by atoms with Gasteiger partial charge in [-0.2, -0.15) is 23.5 Å². The molecule has 0 saturated carbocycles. The highest BCUT2D eigenvalue weighted by Gasteiger charge is 2.44. The molecule has 26 heteroatoms. The number of hydrogen-bond donors (Lipinski definition) is 11. The molecule has 2 saturated heterocycles. The first kappa shape index (κ1) is 67.9. The zero-order valence-electron chi connectivity index (χ0n) is 51.3. The normalized spacial score (nSPS) is 24.4. The van der Waals surface area contributed by atoms with Gasteiger partial charge in [-0.25, -0.2) is 4.39 Å². The standard InChI is InChI=1S/C66H81FN12O11S2/c1-38-60(84)75-52(28-39-16-19-47(80)20-17-39)65(89)78-24-7-15-55(78)64(88)76-53(59(69)83)37-92-36-41-10-6-9-40(27-41)35-91-26-22-56(81)73-50(13-4-5-23-68)61(85)71-34-57(82)74-51(31-45-33-70-49-21-18-46(67)32-48(45)49)62(86)77-58(44-29-42-11-2-3-12-43(42)30-44)66(90)79-25-8-14-54(79)63(87)72-38/h2-3,6,9-12,16-21,27,32-33,38,44,50-55,58,70,80H,4-5,7-8,13-15,22-26,28-31,34-37,68H2,1H3,(H2,69,83)(H,71,85)(H,72,87)(H,73,81)(H,74,82)(H,75,84)(H,76,88)(H,77,86)/t38-,50-,51-,52-,53-,54-,55-,58-/m0/s1. The minimum Gasteiger partial charge on any atom is -0.508 e. The quantitative estimate of drug-likeness (QED) is 0.0896. The number of fused-ring (bicyclic) bond motifs is 6. The molecule has 9 rings (SSSR count). The number of aromatic hydroxyl groups is 1. The number of aromatic amines is 1. The Balaban J connectivity index is 0.992. The Kier molecular flexibility index (Phi) is 23.8. The molecule has 3 aliphatic heterocycles. The molecule has 0 radical (unpaired) electrons. The van der Waals surface area contributed by atoms with Gasteiger partial charge in [0.25, 0.3) is 0 Å². The van der Waals surface area contributed by atoms with Gasteiger partial charge < -0.3 is 68.6 Å². The molecular weight excluding hydrogens is 1220 g/mol. The van der Waals surface area contributed by atoms with E-state index >= 15 is 9.59 Å². The first-order chi connectivity index (χ1) is 44.3. The highest BCUT2D eigenvalue weighted by molar-refractivity contribution is 7.98. The van der Waals surface area contributed by atoms with Gasteiger partial charge in [0.2, 0.25) is 59.1 Å². The third kappa shape index (κ3) is 18.0. The summed E-state index contributed by atoms with van der Waals surface area (Å²) in [4.78, 5) is 148. The maximum Gasteiger partial charge on any atom is 0.246 e. The summed E-state index contributed by atoms with van der Waals surface area (Å²) in [7, 11) is 0. The van der Waals surface area contributed by atoms with E-state index in [4.69, 9.17) is 11.5 Å². The van der Waals surface area contributed by atoms with Crippen LogP contribution < -0.4 is 48.7 Å². The number of aromatic nitrogens is 1. The van der Waals surface area contributed by atoms with Gasteiger partial charge in [0.1, 0.15) is 59.9 Å². The Bertz CT molecular complexity index is 3490. The van der Waals surface area contributed by atoms with Crippen LogP contribution in [0.1, 0.15) is 91.7 Å². The molecule has 4 heterocycles. The first-order valence-electron chi connectivity index (χ1n) is 31.3. The summed E-state index contributed by atoms with van der Waals surface area (Å²) in [6.45, 7) is 1.43. The molecule has 5 aromatic rings. The van der Waals surface area contributed by atoms with Crippen LogP contribution in [0.3, 0.4) is 0 Å². The molecule has 8 atom stereocenters. The van der Waals surface area contributed by atoms with Crippen LogP contribution in [-0.4, -0.2) is 165 Å². The molecule has 23 nitrogen and oxygen atoms in total. The van der Waals surface area contributed by atoms with Gasteiger partial charge in [-0.05, 0) is 141 Å². The number of nitrogens with zero attached hydrogens (tertiary/aromatic N) is 2. The number of H-pyrrole nitrogens is 1. The number of halogens is 1. The summed E-state index contributed by atoms with van der Waals surface area (Å²) in [5, 5.41) is 30.0. The summed E-state index contributed by atoms with van der Waals surface area (Å²) < 4.78 is 14.8. The SMILES string of the molecule is C[C@@H]1NC(=O)[C@@H]2CCCN2C(=O)[C@H](C2Cc3ccccc3C2)NC(=O)[C@H](Cc2c[nH]c3ccc(F)cc23)NC(=O)CNC(=O)[C@H](CCCCN)NC(=O)CCSCc2cccc(c2)CSC[C@@H](C(N)=O)NC(=O)[C@@H]2CCCN2C(=O)[C@H](Cc2ccc(O)cc2)NC1=O. The molecule has 13 N–H and O–H groups in total. The van der Waals surface area contributed by atoms with Crippen LogP contribution in [-0.2, 0) is 85.1 Å². The van der Waals surface area contributed by atoms with Crippen LogP contribution in [0.2, 0.25) is 0 Å². The average Bonchev–Trinajstić information content (AvgIpc) is 2.06. The van der Waals surface area contributed by atoms with Crippen molar-refractivity contribution in [2.75, 3.05) is 37.7 Å². The number of amides is 10. The fourth-order valence-electron chi connectivity index (χ4n) is 12.4. The van der Waals surface area contributed by atoms with Crippen LogP contribution in [0.15, 0.2) is 97.2 Å². The van der Waals surface area contributed by atoms with Crippen LogP contribution in [0.5, 0.6) is 5.75 Å². The fraction of sp³-hybridized carbons (Fsp3) is 0.455. The molecule has 490 valence electrons. The van der Waals surface area contributed by atoms with E-state index in [0.717, 1.165) is 22.3 Å². The molecule has 2 bridgehead atoms. The second kappa shape index (κ2) is 32.2. The van der Waals surface area contributed by atoms with Crippen LogP contribution in [0.4, 0.5) is 4.39 Å². The van der Waals surface area contributed by atoms with Gasteiger partial charge in [-0.1, -0.05) is 60.7 Å². The number of rotatable bonds is 10. The van der Waals surface area contributed by atoms with E-state index in [1.807, 2.05) is 48.5 Å². The highest BCUT2D eigenvalue weighted by atomic mass is 32.2. The van der Waals surface area contributed by atoms with E-state index in [9.17, 15) is 47.9 Å². The maximum absolute atomic E-state index is 15.3. The predicted octanol–water partition coefficient (Wildman–Crippen LogP) is 2.42. The van der Waals surface area contributed by atoms with Crippen molar-refractivity contribution in [3.63, 3.8) is 0 Å². The number of carbonyl (C=O) groups excluding carboxylic acids is 10. The van der Waals surface area contributed by atoms with Gasteiger partial charge in [-0.3, -0.25) is 47.9 Å². The summed E-state index contributed by atoms with van der Waals surface area (Å²) in [6.07, 6.45) is 4.69. The molecule has 4 aromatic carbocycles. The predicted molar refractivity (Wildman–Crippen MR) is 346 cm³/mol. The van der Waals surface area contributed by atoms with Gasteiger partial charge in [0.15, 0.2) is 0 Å². The van der Waals surface area contributed by atoms with Crippen molar-refractivity contribution in [2.45, 2.75) is 144 Å². The Morgan fingerprint density at radius 2 is 1.33 bits per heavy atom. The molecule has 92 heavy (non-hydrogen) atoms. The second-order valence-corrected chi connectivity index (χ2v) is 26.2. The number of benzene rings is 4. The third-order valence-corrected chi connectivity index (χ3v) is 19.4. The zero-order chi connectivity index (χ0) is 65.4. The minimum atomic E-state index is -1.41.